The number of nitrogens with zero attached hydrogens (tertiary/aromatic N) is 3. The summed E-state index contributed by atoms with van der Waals surface area (Å²) in [4.78, 5) is 6.70. The van der Waals surface area contributed by atoms with Crippen LogP contribution < -0.4 is 10.6 Å². The van der Waals surface area contributed by atoms with Gasteiger partial charge < -0.3 is 15.4 Å². The number of aromatic nitrogens is 1. The summed E-state index contributed by atoms with van der Waals surface area (Å²) >= 11 is 7.16. The molecule has 7 heteroatoms. The maximum Gasteiger partial charge on any atom is 0.188 e. The second kappa shape index (κ2) is 5.19. The Hall–Kier alpha value is -0.870. The number of nitriles is 1. The SMILES string of the molecule is CC(N)C1CN(c2nc(Cl)c(C#N)s2)CCO1. The lowest BCUT2D eigenvalue weighted by atomic mass is 10.1. The van der Waals surface area contributed by atoms with Crippen molar-refractivity contribution in [1.29, 1.82) is 5.26 Å². The minimum atomic E-state index is -0.0244. The summed E-state index contributed by atoms with van der Waals surface area (Å²) < 4.78 is 5.57. The van der Waals surface area contributed by atoms with Gasteiger partial charge in [0, 0.05) is 19.1 Å². The Kier molecular flexibility index (Phi) is 3.84. The van der Waals surface area contributed by atoms with Crippen LogP contribution in [0.25, 0.3) is 0 Å². The molecule has 2 N–H and O–H groups in total. The summed E-state index contributed by atoms with van der Waals surface area (Å²) in [6, 6.07) is 2.01. The minimum absolute atomic E-state index is 0.00281. The molecule has 17 heavy (non-hydrogen) atoms. The van der Waals surface area contributed by atoms with Crippen molar-refractivity contribution in [2.45, 2.75) is 19.1 Å². The van der Waals surface area contributed by atoms with Crippen LogP contribution in [-0.4, -0.2) is 36.8 Å². The summed E-state index contributed by atoms with van der Waals surface area (Å²) in [6.07, 6.45) is -0.00281. The van der Waals surface area contributed by atoms with Gasteiger partial charge in [-0.15, -0.1) is 0 Å². The Bertz CT molecular complexity index is 442. The molecule has 0 spiro atoms. The highest BCUT2D eigenvalue weighted by Crippen LogP contribution is 2.30. The predicted octanol–water partition coefficient (Wildman–Crippen LogP) is 1.22. The first-order chi connectivity index (χ1) is 8.11. The van der Waals surface area contributed by atoms with Crippen molar-refractivity contribution in [2.75, 3.05) is 24.6 Å². The van der Waals surface area contributed by atoms with Crippen LogP contribution in [0.2, 0.25) is 5.15 Å². The molecule has 0 bridgehead atoms. The van der Waals surface area contributed by atoms with Crippen molar-refractivity contribution in [3.63, 3.8) is 0 Å². The first kappa shape index (κ1) is 12.6. The molecule has 1 saturated heterocycles. The zero-order chi connectivity index (χ0) is 12.4. The van der Waals surface area contributed by atoms with Crippen molar-refractivity contribution in [2.24, 2.45) is 5.73 Å². The number of halogens is 1. The molecule has 2 unspecified atom stereocenters. The number of ether oxygens (including phenoxy) is 1. The summed E-state index contributed by atoms with van der Waals surface area (Å²) in [5, 5.41) is 9.88. The van der Waals surface area contributed by atoms with Gasteiger partial charge in [0.05, 0.1) is 12.7 Å². The average Bonchev–Trinajstić information content (AvgIpc) is 2.71. The van der Waals surface area contributed by atoms with E-state index in [0.717, 1.165) is 11.7 Å². The van der Waals surface area contributed by atoms with Crippen LogP contribution in [0.3, 0.4) is 0 Å². The fourth-order valence-electron chi connectivity index (χ4n) is 1.66. The standard InChI is InChI=1S/C10H13ClN4OS/c1-6(13)7-5-15(2-3-16-7)10-14-9(11)8(4-12)17-10/h6-7H,2-3,5,13H2,1H3. The lowest BCUT2D eigenvalue weighted by molar-refractivity contribution is 0.0276. The molecule has 2 atom stereocenters. The highest BCUT2D eigenvalue weighted by atomic mass is 35.5. The Morgan fingerprint density at radius 2 is 2.53 bits per heavy atom. The molecule has 1 aromatic heterocycles. The van der Waals surface area contributed by atoms with E-state index in [1.54, 1.807) is 0 Å². The fourth-order valence-corrected chi connectivity index (χ4v) is 2.74. The second-order valence-electron chi connectivity index (χ2n) is 3.94. The molecule has 0 aromatic carbocycles. The monoisotopic (exact) mass is 272 g/mol. The van der Waals surface area contributed by atoms with Gasteiger partial charge in [-0.05, 0) is 6.92 Å². The summed E-state index contributed by atoms with van der Waals surface area (Å²) in [5.41, 5.74) is 5.82. The molecule has 1 aromatic rings. The molecule has 0 amide bonds. The van der Waals surface area contributed by atoms with Crippen molar-refractivity contribution in [3.05, 3.63) is 10.0 Å². The van der Waals surface area contributed by atoms with Crippen LogP contribution in [0, 0.1) is 11.3 Å². The maximum absolute atomic E-state index is 8.84. The third kappa shape index (κ3) is 2.69. The molecule has 1 aliphatic heterocycles. The van der Waals surface area contributed by atoms with Gasteiger partial charge in [-0.1, -0.05) is 22.9 Å². The first-order valence-corrected chi connectivity index (χ1v) is 6.50. The Morgan fingerprint density at radius 1 is 1.76 bits per heavy atom. The van der Waals surface area contributed by atoms with Gasteiger partial charge in [0.15, 0.2) is 10.3 Å². The minimum Gasteiger partial charge on any atom is -0.373 e. The van der Waals surface area contributed by atoms with E-state index in [1.165, 1.54) is 11.3 Å². The van der Waals surface area contributed by atoms with E-state index in [2.05, 4.69) is 9.88 Å². The smallest absolute Gasteiger partial charge is 0.188 e. The topological polar surface area (TPSA) is 75.2 Å². The molecule has 5 nitrogen and oxygen atoms in total. The molecule has 0 aliphatic carbocycles. The first-order valence-electron chi connectivity index (χ1n) is 5.30. The fraction of sp³-hybridized carbons (Fsp3) is 0.600. The zero-order valence-corrected chi connectivity index (χ0v) is 11.0. The second-order valence-corrected chi connectivity index (χ2v) is 5.28. The van der Waals surface area contributed by atoms with E-state index in [1.807, 2.05) is 13.0 Å². The third-order valence-electron chi connectivity index (χ3n) is 2.63. The number of hydrogen-bond donors (Lipinski definition) is 1. The Morgan fingerprint density at radius 3 is 3.12 bits per heavy atom. The molecule has 92 valence electrons. The van der Waals surface area contributed by atoms with Crippen molar-refractivity contribution < 1.29 is 4.74 Å². The molecule has 0 saturated carbocycles. The van der Waals surface area contributed by atoms with Crippen LogP contribution in [0.15, 0.2) is 0 Å². The van der Waals surface area contributed by atoms with Crippen LogP contribution in [0.1, 0.15) is 11.8 Å². The molecule has 0 radical (unpaired) electrons. The lowest BCUT2D eigenvalue weighted by Gasteiger charge is -2.34. The van der Waals surface area contributed by atoms with E-state index in [-0.39, 0.29) is 17.3 Å². The maximum atomic E-state index is 8.84. The predicted molar refractivity (Wildman–Crippen MR) is 67.4 cm³/mol. The van der Waals surface area contributed by atoms with Gasteiger partial charge in [-0.25, -0.2) is 4.98 Å². The molecule has 1 aliphatic rings. The van der Waals surface area contributed by atoms with Gasteiger partial charge in [-0.3, -0.25) is 0 Å². The van der Waals surface area contributed by atoms with Crippen LogP contribution in [0.4, 0.5) is 5.13 Å². The molecule has 1 fully saturated rings. The highest BCUT2D eigenvalue weighted by Gasteiger charge is 2.26. The number of morpholine rings is 1. The van der Waals surface area contributed by atoms with Crippen LogP contribution in [0.5, 0.6) is 0 Å². The summed E-state index contributed by atoms with van der Waals surface area (Å²) in [7, 11) is 0. The van der Waals surface area contributed by atoms with Crippen LogP contribution >= 0.6 is 22.9 Å². The zero-order valence-electron chi connectivity index (χ0n) is 9.39. The van der Waals surface area contributed by atoms with E-state index < -0.39 is 0 Å². The van der Waals surface area contributed by atoms with E-state index in [9.17, 15) is 0 Å². The van der Waals surface area contributed by atoms with Gasteiger partial charge in [0.1, 0.15) is 10.9 Å². The van der Waals surface area contributed by atoms with Gasteiger partial charge in [0.25, 0.3) is 0 Å². The number of nitrogens with two attached hydrogens (primary N) is 1. The molecule has 2 heterocycles. The lowest BCUT2D eigenvalue weighted by Crippen LogP contribution is -2.49. The van der Waals surface area contributed by atoms with E-state index in [0.29, 0.717) is 18.0 Å². The number of hydrogen-bond acceptors (Lipinski definition) is 6. The van der Waals surface area contributed by atoms with Crippen molar-refractivity contribution >= 4 is 28.1 Å². The third-order valence-corrected chi connectivity index (χ3v) is 4.03. The quantitative estimate of drug-likeness (QED) is 0.876. The normalized spacial score (nSPS) is 22.2. The van der Waals surface area contributed by atoms with Gasteiger partial charge in [-0.2, -0.15) is 5.26 Å². The Balaban J connectivity index is 2.14. The van der Waals surface area contributed by atoms with Crippen LogP contribution in [-0.2, 0) is 4.74 Å². The largest absolute Gasteiger partial charge is 0.373 e. The van der Waals surface area contributed by atoms with Gasteiger partial charge >= 0.3 is 0 Å². The molecular weight excluding hydrogens is 260 g/mol. The number of rotatable bonds is 2. The van der Waals surface area contributed by atoms with Crippen molar-refractivity contribution in [3.8, 4) is 6.07 Å². The summed E-state index contributed by atoms with van der Waals surface area (Å²) in [6.45, 7) is 3.97. The summed E-state index contributed by atoms with van der Waals surface area (Å²) in [5.74, 6) is 0. The Labute approximate surface area is 109 Å². The van der Waals surface area contributed by atoms with Crippen molar-refractivity contribution in [1.82, 2.24) is 4.98 Å². The number of anilines is 1. The van der Waals surface area contributed by atoms with Gasteiger partial charge in [0.2, 0.25) is 0 Å². The average molecular weight is 273 g/mol. The molecular formula is C10H13ClN4OS. The van der Waals surface area contributed by atoms with E-state index in [4.69, 9.17) is 27.3 Å². The van der Waals surface area contributed by atoms with E-state index >= 15 is 0 Å². The number of thiazole rings is 1. The highest BCUT2D eigenvalue weighted by molar-refractivity contribution is 7.16. The molecule has 2 rings (SSSR count).